The number of carboxylic acids is 1. The quantitative estimate of drug-likeness (QED) is 0.752. The Bertz CT molecular complexity index is 887. The molecule has 0 saturated carbocycles. The van der Waals surface area contributed by atoms with Crippen LogP contribution in [0.25, 0.3) is 16.2 Å². The molecule has 3 heterocycles. The zero-order chi connectivity index (χ0) is 16.8. The molecule has 6 heteroatoms. The van der Waals surface area contributed by atoms with E-state index in [1.165, 1.54) is 11.3 Å². The SMILES string of the molecule is Cc1ccn2c(NC(C)(C)C)c(-c3ccc(C(=O)O)s3)nc2c1. The van der Waals surface area contributed by atoms with Crippen molar-refractivity contribution in [3.8, 4) is 10.6 Å². The molecule has 120 valence electrons. The minimum Gasteiger partial charge on any atom is -0.477 e. The molecular weight excluding hydrogens is 310 g/mol. The number of anilines is 1. The third kappa shape index (κ3) is 3.07. The summed E-state index contributed by atoms with van der Waals surface area (Å²) in [6.07, 6.45) is 1.99. The number of hydrogen-bond acceptors (Lipinski definition) is 4. The number of nitrogens with one attached hydrogen (secondary N) is 1. The lowest BCUT2D eigenvalue weighted by atomic mass is 10.1. The second kappa shape index (κ2) is 5.38. The van der Waals surface area contributed by atoms with Crippen molar-refractivity contribution in [3.05, 3.63) is 40.9 Å². The second-order valence-corrected chi connectivity index (χ2v) is 7.67. The summed E-state index contributed by atoms with van der Waals surface area (Å²) in [6, 6.07) is 7.49. The lowest BCUT2D eigenvalue weighted by molar-refractivity contribution is 0.0702. The Morgan fingerprint density at radius 3 is 2.65 bits per heavy atom. The first-order chi connectivity index (χ1) is 10.7. The van der Waals surface area contributed by atoms with Gasteiger partial charge in [-0.2, -0.15) is 0 Å². The van der Waals surface area contributed by atoms with Crippen molar-refractivity contribution in [2.24, 2.45) is 0 Å². The molecular formula is C17H19N3O2S. The summed E-state index contributed by atoms with van der Waals surface area (Å²) in [4.78, 5) is 17.0. The molecule has 0 amide bonds. The van der Waals surface area contributed by atoms with Crippen LogP contribution in [-0.4, -0.2) is 26.0 Å². The van der Waals surface area contributed by atoms with Crippen LogP contribution < -0.4 is 5.32 Å². The van der Waals surface area contributed by atoms with Crippen molar-refractivity contribution in [1.82, 2.24) is 9.38 Å². The molecule has 0 aliphatic heterocycles. The third-order valence-electron chi connectivity index (χ3n) is 3.33. The maximum absolute atomic E-state index is 11.1. The first kappa shape index (κ1) is 15.6. The van der Waals surface area contributed by atoms with Crippen molar-refractivity contribution in [2.75, 3.05) is 5.32 Å². The van der Waals surface area contributed by atoms with Crippen LogP contribution in [0.2, 0.25) is 0 Å². The summed E-state index contributed by atoms with van der Waals surface area (Å²) in [5.74, 6) is -0.0301. The predicted octanol–water partition coefficient (Wildman–Crippen LogP) is 4.28. The number of aromatic carboxylic acids is 1. The van der Waals surface area contributed by atoms with Gasteiger partial charge in [0.05, 0.1) is 4.88 Å². The van der Waals surface area contributed by atoms with E-state index in [-0.39, 0.29) is 5.54 Å². The number of fused-ring (bicyclic) bond motifs is 1. The Kier molecular flexibility index (Phi) is 3.64. The van der Waals surface area contributed by atoms with E-state index in [0.717, 1.165) is 27.6 Å². The predicted molar refractivity (Wildman–Crippen MR) is 93.6 cm³/mol. The van der Waals surface area contributed by atoms with Crippen LogP contribution in [0, 0.1) is 6.92 Å². The average molecular weight is 329 g/mol. The van der Waals surface area contributed by atoms with Gasteiger partial charge < -0.3 is 10.4 Å². The maximum Gasteiger partial charge on any atom is 0.345 e. The largest absolute Gasteiger partial charge is 0.477 e. The number of rotatable bonds is 3. The number of nitrogens with zero attached hydrogens (tertiary/aromatic N) is 2. The van der Waals surface area contributed by atoms with Crippen LogP contribution in [0.15, 0.2) is 30.5 Å². The van der Waals surface area contributed by atoms with Gasteiger partial charge in [-0.05, 0) is 57.5 Å². The molecule has 0 aromatic carbocycles. The molecule has 5 nitrogen and oxygen atoms in total. The van der Waals surface area contributed by atoms with Gasteiger partial charge in [0.15, 0.2) is 0 Å². The topological polar surface area (TPSA) is 66.6 Å². The summed E-state index contributed by atoms with van der Waals surface area (Å²) in [7, 11) is 0. The summed E-state index contributed by atoms with van der Waals surface area (Å²) >= 11 is 1.24. The zero-order valence-electron chi connectivity index (χ0n) is 13.5. The molecule has 3 aromatic heterocycles. The molecule has 0 atom stereocenters. The number of hydrogen-bond donors (Lipinski definition) is 2. The Hall–Kier alpha value is -2.34. The van der Waals surface area contributed by atoms with E-state index < -0.39 is 5.97 Å². The fourth-order valence-corrected chi connectivity index (χ4v) is 3.21. The number of thiophene rings is 1. The molecule has 0 aliphatic carbocycles. The van der Waals surface area contributed by atoms with E-state index >= 15 is 0 Å². The van der Waals surface area contributed by atoms with Crippen molar-refractivity contribution < 1.29 is 9.90 Å². The Balaban J connectivity index is 2.21. The van der Waals surface area contributed by atoms with Crippen molar-refractivity contribution >= 4 is 28.8 Å². The smallest absolute Gasteiger partial charge is 0.345 e. The molecule has 0 bridgehead atoms. The van der Waals surface area contributed by atoms with Gasteiger partial charge in [-0.25, -0.2) is 9.78 Å². The lowest BCUT2D eigenvalue weighted by Gasteiger charge is -2.22. The summed E-state index contributed by atoms with van der Waals surface area (Å²) in [6.45, 7) is 8.28. The van der Waals surface area contributed by atoms with Crippen LogP contribution in [0.5, 0.6) is 0 Å². The molecule has 2 N–H and O–H groups in total. The summed E-state index contributed by atoms with van der Waals surface area (Å²) < 4.78 is 2.01. The van der Waals surface area contributed by atoms with E-state index in [2.05, 4.69) is 26.1 Å². The molecule has 0 saturated heterocycles. The highest BCUT2D eigenvalue weighted by Gasteiger charge is 2.21. The van der Waals surface area contributed by atoms with Gasteiger partial charge in [-0.1, -0.05) is 0 Å². The normalized spacial score (nSPS) is 11.8. The first-order valence-electron chi connectivity index (χ1n) is 7.35. The van der Waals surface area contributed by atoms with Crippen LogP contribution in [-0.2, 0) is 0 Å². The highest BCUT2D eigenvalue weighted by atomic mass is 32.1. The number of carbonyl (C=O) groups is 1. The Morgan fingerprint density at radius 1 is 1.30 bits per heavy atom. The number of imidazole rings is 1. The molecule has 23 heavy (non-hydrogen) atoms. The highest BCUT2D eigenvalue weighted by Crippen LogP contribution is 2.35. The minimum atomic E-state index is -0.911. The molecule has 0 spiro atoms. The average Bonchev–Trinajstić information content (AvgIpc) is 3.02. The summed E-state index contributed by atoms with van der Waals surface area (Å²) in [5, 5.41) is 12.6. The Labute approximate surface area is 138 Å². The van der Waals surface area contributed by atoms with Gasteiger partial charge in [-0.3, -0.25) is 4.40 Å². The highest BCUT2D eigenvalue weighted by molar-refractivity contribution is 7.17. The van der Waals surface area contributed by atoms with Gasteiger partial charge >= 0.3 is 5.97 Å². The summed E-state index contributed by atoms with van der Waals surface area (Å²) in [5.41, 5.74) is 2.62. The van der Waals surface area contributed by atoms with Crippen molar-refractivity contribution in [3.63, 3.8) is 0 Å². The van der Waals surface area contributed by atoms with E-state index in [1.54, 1.807) is 6.07 Å². The molecule has 3 aromatic rings. The van der Waals surface area contributed by atoms with Crippen molar-refractivity contribution in [2.45, 2.75) is 33.2 Å². The van der Waals surface area contributed by atoms with Gasteiger partial charge in [0, 0.05) is 11.7 Å². The van der Waals surface area contributed by atoms with Gasteiger partial charge in [-0.15, -0.1) is 11.3 Å². The minimum absolute atomic E-state index is 0.136. The second-order valence-electron chi connectivity index (χ2n) is 6.59. The monoisotopic (exact) mass is 329 g/mol. The number of carboxylic acid groups (broad SMARTS) is 1. The molecule has 0 aliphatic rings. The van der Waals surface area contributed by atoms with Gasteiger partial charge in [0.25, 0.3) is 0 Å². The van der Waals surface area contributed by atoms with Crippen LogP contribution in [0.3, 0.4) is 0 Å². The van der Waals surface area contributed by atoms with Crippen molar-refractivity contribution in [1.29, 1.82) is 0 Å². The Morgan fingerprint density at radius 2 is 2.04 bits per heavy atom. The fraction of sp³-hybridized carbons (Fsp3) is 0.294. The third-order valence-corrected chi connectivity index (χ3v) is 4.41. The zero-order valence-corrected chi connectivity index (χ0v) is 14.4. The van der Waals surface area contributed by atoms with Gasteiger partial charge in [0.2, 0.25) is 0 Å². The van der Waals surface area contributed by atoms with Crippen LogP contribution in [0.4, 0.5) is 5.82 Å². The standard InChI is InChI=1S/C17H19N3O2S/c1-10-7-8-20-13(9-10)18-14(15(20)19-17(2,3)4)11-5-6-12(23-11)16(21)22/h5-9,19H,1-4H3,(H,21,22). The number of aromatic nitrogens is 2. The number of pyridine rings is 1. The first-order valence-corrected chi connectivity index (χ1v) is 8.17. The van der Waals surface area contributed by atoms with E-state index in [4.69, 9.17) is 10.1 Å². The lowest BCUT2D eigenvalue weighted by Crippen LogP contribution is -2.27. The molecule has 0 radical (unpaired) electrons. The van der Waals surface area contributed by atoms with E-state index in [9.17, 15) is 4.79 Å². The van der Waals surface area contributed by atoms with Crippen LogP contribution >= 0.6 is 11.3 Å². The number of aryl methyl sites for hydroxylation is 1. The fourth-order valence-electron chi connectivity index (χ4n) is 2.37. The van der Waals surface area contributed by atoms with Gasteiger partial charge in [0.1, 0.15) is 22.0 Å². The molecule has 0 fully saturated rings. The van der Waals surface area contributed by atoms with Crippen LogP contribution in [0.1, 0.15) is 36.0 Å². The maximum atomic E-state index is 11.1. The molecule has 0 unspecified atom stereocenters. The van der Waals surface area contributed by atoms with E-state index in [0.29, 0.717) is 4.88 Å². The molecule has 3 rings (SSSR count). The van der Waals surface area contributed by atoms with E-state index in [1.807, 2.05) is 35.7 Å².